The zero-order valence-corrected chi connectivity index (χ0v) is 19.4. The quantitative estimate of drug-likeness (QED) is 0.485. The zero-order valence-electron chi connectivity index (χ0n) is 19.4. The minimum Gasteiger partial charge on any atom is -0.486 e. The van der Waals surface area contributed by atoms with E-state index in [4.69, 9.17) is 14.2 Å². The predicted octanol–water partition coefficient (Wildman–Crippen LogP) is 1.91. The molecule has 0 bridgehead atoms. The standard InChI is InChI=1S/C25H28N4O6/c1-33-22-5-3-17-23(28-22)18(6-9-26-17)27-24(31)25(32)7-10-29(11-8-25)15-19(30)16-2-4-20-21(14-16)35-13-12-34-20/h2-6,9,14,19,30,32H,7-8,10-13,15H2,1H3,(H,26,27,31)/t19-/m0/s1. The van der Waals surface area contributed by atoms with Gasteiger partial charge in [-0.05, 0) is 42.7 Å². The summed E-state index contributed by atoms with van der Waals surface area (Å²) in [5.41, 5.74) is 0.777. The average molecular weight is 481 g/mol. The van der Waals surface area contributed by atoms with E-state index < -0.39 is 17.6 Å². The molecule has 0 saturated carbocycles. The fraction of sp³-hybridized carbons (Fsp3) is 0.400. The largest absolute Gasteiger partial charge is 0.486 e. The highest BCUT2D eigenvalue weighted by Gasteiger charge is 2.40. The Balaban J connectivity index is 1.21. The molecule has 1 fully saturated rings. The highest BCUT2D eigenvalue weighted by Crippen LogP contribution is 2.33. The highest BCUT2D eigenvalue weighted by atomic mass is 16.6. The first-order chi connectivity index (χ1) is 16.9. The first kappa shape index (κ1) is 23.3. The number of pyridine rings is 2. The van der Waals surface area contributed by atoms with Crippen molar-refractivity contribution < 1.29 is 29.2 Å². The third kappa shape index (κ3) is 4.86. The van der Waals surface area contributed by atoms with Gasteiger partial charge in [-0.3, -0.25) is 9.78 Å². The lowest BCUT2D eigenvalue weighted by atomic mass is 9.90. The summed E-state index contributed by atoms with van der Waals surface area (Å²) in [7, 11) is 1.52. The van der Waals surface area contributed by atoms with Crippen LogP contribution in [-0.4, -0.2) is 76.5 Å². The zero-order chi connectivity index (χ0) is 24.4. The number of ether oxygens (including phenoxy) is 3. The van der Waals surface area contributed by atoms with Crippen molar-refractivity contribution >= 4 is 22.6 Å². The number of likely N-dealkylation sites (tertiary alicyclic amines) is 1. The van der Waals surface area contributed by atoms with Crippen molar-refractivity contribution in [2.45, 2.75) is 24.5 Å². The van der Waals surface area contributed by atoms with Gasteiger partial charge >= 0.3 is 0 Å². The van der Waals surface area contributed by atoms with Crippen LogP contribution in [0.2, 0.25) is 0 Å². The number of rotatable bonds is 6. The Morgan fingerprint density at radius 1 is 1.17 bits per heavy atom. The third-order valence-electron chi connectivity index (χ3n) is 6.50. The number of piperidine rings is 1. The summed E-state index contributed by atoms with van der Waals surface area (Å²) in [6.07, 6.45) is 1.34. The van der Waals surface area contributed by atoms with Gasteiger partial charge in [0.1, 0.15) is 24.3 Å². The summed E-state index contributed by atoms with van der Waals surface area (Å²) in [5, 5.41) is 24.6. The van der Waals surface area contributed by atoms with Gasteiger partial charge < -0.3 is 34.6 Å². The fourth-order valence-corrected chi connectivity index (χ4v) is 4.41. The molecule has 5 rings (SSSR count). The number of nitrogens with zero attached hydrogens (tertiary/aromatic N) is 3. The van der Waals surface area contributed by atoms with Crippen molar-refractivity contribution in [3.8, 4) is 17.4 Å². The van der Waals surface area contributed by atoms with Crippen LogP contribution < -0.4 is 19.5 Å². The van der Waals surface area contributed by atoms with Gasteiger partial charge in [0.15, 0.2) is 11.5 Å². The van der Waals surface area contributed by atoms with E-state index in [1.165, 1.54) is 7.11 Å². The number of carbonyl (C=O) groups is 1. The summed E-state index contributed by atoms with van der Waals surface area (Å²) in [5.74, 6) is 1.23. The lowest BCUT2D eigenvalue weighted by Crippen LogP contribution is -2.52. The molecule has 1 aromatic carbocycles. The first-order valence-corrected chi connectivity index (χ1v) is 11.6. The maximum absolute atomic E-state index is 13.0. The summed E-state index contributed by atoms with van der Waals surface area (Å²) in [6, 6.07) is 10.5. The van der Waals surface area contributed by atoms with Crippen LogP contribution in [0.15, 0.2) is 42.6 Å². The van der Waals surface area contributed by atoms with Crippen LogP contribution in [0.4, 0.5) is 5.69 Å². The number of β-amino-alcohol motifs (C(OH)–C–C–N with tert-alkyl or cyclic N) is 1. The van der Waals surface area contributed by atoms with Gasteiger partial charge in [0, 0.05) is 31.9 Å². The number of aliphatic hydroxyl groups is 2. The molecule has 0 spiro atoms. The first-order valence-electron chi connectivity index (χ1n) is 11.6. The summed E-state index contributed by atoms with van der Waals surface area (Å²) >= 11 is 0. The number of hydrogen-bond acceptors (Lipinski definition) is 9. The molecule has 0 radical (unpaired) electrons. The molecule has 2 aliphatic rings. The molecule has 3 N–H and O–H groups in total. The second-order valence-corrected chi connectivity index (χ2v) is 8.79. The van der Waals surface area contributed by atoms with Gasteiger partial charge in [-0.2, -0.15) is 0 Å². The molecule has 35 heavy (non-hydrogen) atoms. The van der Waals surface area contributed by atoms with E-state index in [0.717, 1.165) is 5.56 Å². The maximum Gasteiger partial charge on any atom is 0.256 e. The second-order valence-electron chi connectivity index (χ2n) is 8.79. The number of benzene rings is 1. The van der Waals surface area contributed by atoms with Crippen LogP contribution in [0.3, 0.4) is 0 Å². The van der Waals surface area contributed by atoms with E-state index in [1.54, 1.807) is 36.5 Å². The van der Waals surface area contributed by atoms with Crippen LogP contribution in [0, 0.1) is 0 Å². The van der Waals surface area contributed by atoms with Crippen molar-refractivity contribution in [2.75, 3.05) is 45.3 Å². The van der Waals surface area contributed by atoms with Gasteiger partial charge in [0.2, 0.25) is 5.88 Å². The average Bonchev–Trinajstić information content (AvgIpc) is 2.89. The molecule has 184 valence electrons. The third-order valence-corrected chi connectivity index (χ3v) is 6.50. The summed E-state index contributed by atoms with van der Waals surface area (Å²) < 4.78 is 16.3. The Bertz CT molecular complexity index is 1230. The molecule has 0 aliphatic carbocycles. The normalized spacial score (nSPS) is 18.1. The summed E-state index contributed by atoms with van der Waals surface area (Å²) in [6.45, 7) is 2.32. The number of anilines is 1. The van der Waals surface area contributed by atoms with E-state index in [1.807, 2.05) is 11.0 Å². The molecule has 10 nitrogen and oxygen atoms in total. The molecule has 1 amide bonds. The Kier molecular flexibility index (Phi) is 6.42. The Hall–Kier alpha value is -3.47. The van der Waals surface area contributed by atoms with Crippen LogP contribution in [-0.2, 0) is 4.79 Å². The van der Waals surface area contributed by atoms with Crippen molar-refractivity contribution in [3.05, 3.63) is 48.2 Å². The van der Waals surface area contributed by atoms with Gasteiger partial charge in [-0.15, -0.1) is 0 Å². The Morgan fingerprint density at radius 2 is 1.94 bits per heavy atom. The van der Waals surface area contributed by atoms with E-state index in [0.29, 0.717) is 66.9 Å². The number of fused-ring (bicyclic) bond motifs is 2. The number of hydrogen-bond donors (Lipinski definition) is 3. The molecule has 0 unspecified atom stereocenters. The van der Waals surface area contributed by atoms with Crippen molar-refractivity contribution in [1.82, 2.24) is 14.9 Å². The number of methoxy groups -OCH3 is 1. The van der Waals surface area contributed by atoms with Gasteiger partial charge in [-0.25, -0.2) is 4.98 Å². The Labute approximate surface area is 202 Å². The molecular formula is C25H28N4O6. The minimum atomic E-state index is -1.52. The molecule has 1 saturated heterocycles. The van der Waals surface area contributed by atoms with Crippen molar-refractivity contribution in [2.24, 2.45) is 0 Å². The van der Waals surface area contributed by atoms with E-state index in [-0.39, 0.29) is 12.8 Å². The van der Waals surface area contributed by atoms with E-state index in [2.05, 4.69) is 15.3 Å². The van der Waals surface area contributed by atoms with Crippen LogP contribution in [0.5, 0.6) is 17.4 Å². The predicted molar refractivity (Wildman–Crippen MR) is 128 cm³/mol. The monoisotopic (exact) mass is 480 g/mol. The van der Waals surface area contributed by atoms with Gasteiger partial charge in [-0.1, -0.05) is 6.07 Å². The lowest BCUT2D eigenvalue weighted by Gasteiger charge is -2.37. The molecule has 10 heteroatoms. The lowest BCUT2D eigenvalue weighted by molar-refractivity contribution is -0.139. The smallest absolute Gasteiger partial charge is 0.256 e. The SMILES string of the molecule is COc1ccc2nccc(NC(=O)C3(O)CCN(C[C@H](O)c4ccc5c(c4)OCCO5)CC3)c2n1. The van der Waals surface area contributed by atoms with Crippen LogP contribution >= 0.6 is 0 Å². The van der Waals surface area contributed by atoms with Crippen LogP contribution in [0.25, 0.3) is 11.0 Å². The number of aromatic nitrogens is 2. The number of amides is 1. The topological polar surface area (TPSA) is 126 Å². The van der Waals surface area contributed by atoms with Crippen molar-refractivity contribution in [1.29, 1.82) is 0 Å². The molecule has 1 atom stereocenters. The molecule has 4 heterocycles. The highest BCUT2D eigenvalue weighted by molar-refractivity contribution is 6.02. The number of carbonyl (C=O) groups excluding carboxylic acids is 1. The minimum absolute atomic E-state index is 0.243. The van der Waals surface area contributed by atoms with Crippen molar-refractivity contribution in [3.63, 3.8) is 0 Å². The van der Waals surface area contributed by atoms with E-state index in [9.17, 15) is 15.0 Å². The van der Waals surface area contributed by atoms with Crippen LogP contribution in [0.1, 0.15) is 24.5 Å². The second kappa shape index (κ2) is 9.65. The van der Waals surface area contributed by atoms with E-state index >= 15 is 0 Å². The molecule has 2 aromatic heterocycles. The molecular weight excluding hydrogens is 452 g/mol. The van der Waals surface area contributed by atoms with Gasteiger partial charge in [0.05, 0.1) is 24.4 Å². The fourth-order valence-electron chi connectivity index (χ4n) is 4.41. The molecule has 2 aliphatic heterocycles. The Morgan fingerprint density at radius 3 is 2.71 bits per heavy atom. The summed E-state index contributed by atoms with van der Waals surface area (Å²) in [4.78, 5) is 23.7. The van der Waals surface area contributed by atoms with Gasteiger partial charge in [0.25, 0.3) is 5.91 Å². The number of aliphatic hydroxyl groups excluding tert-OH is 1. The maximum atomic E-state index is 13.0. The number of nitrogens with one attached hydrogen (secondary N) is 1. The molecule has 3 aromatic rings.